The van der Waals surface area contributed by atoms with Crippen molar-refractivity contribution in [2.45, 2.75) is 53.2 Å². The molecule has 1 aromatic heterocycles. The number of hydrogen-bond donors (Lipinski definition) is 1. The van der Waals surface area contributed by atoms with Gasteiger partial charge in [0.2, 0.25) is 0 Å². The summed E-state index contributed by atoms with van der Waals surface area (Å²) in [5, 5.41) is 19.1. The zero-order chi connectivity index (χ0) is 17.9. The van der Waals surface area contributed by atoms with Gasteiger partial charge in [-0.25, -0.2) is 0 Å². The molecule has 1 aromatic rings. The van der Waals surface area contributed by atoms with Crippen LogP contribution in [-0.2, 0) is 11.3 Å². The van der Waals surface area contributed by atoms with E-state index in [4.69, 9.17) is 0 Å². The van der Waals surface area contributed by atoms with Gasteiger partial charge in [-0.15, -0.1) is 0 Å². The van der Waals surface area contributed by atoms with Crippen molar-refractivity contribution in [3.8, 4) is 6.07 Å². The normalized spacial score (nSPS) is 19.4. The second-order valence-electron chi connectivity index (χ2n) is 6.69. The van der Waals surface area contributed by atoms with E-state index in [1.807, 2.05) is 19.9 Å². The molecule has 1 amide bonds. The number of aliphatic hydroxyl groups excluding tert-OH is 1. The highest BCUT2D eigenvalue weighted by Gasteiger charge is 2.30. The molecular weight excluding hydrogens is 302 g/mol. The van der Waals surface area contributed by atoms with Gasteiger partial charge >= 0.3 is 0 Å². The predicted octanol–water partition coefficient (Wildman–Crippen LogP) is 2.65. The number of aryl methyl sites for hydroxylation is 1. The van der Waals surface area contributed by atoms with E-state index >= 15 is 0 Å². The number of carbonyl (C=O) groups excluding carboxylic acids is 1. The first-order chi connectivity index (χ1) is 11.4. The molecule has 1 aliphatic rings. The van der Waals surface area contributed by atoms with E-state index in [0.29, 0.717) is 13.1 Å². The van der Waals surface area contributed by atoms with Gasteiger partial charge in [-0.1, -0.05) is 6.92 Å². The minimum Gasteiger partial charge on any atom is -0.393 e. The molecule has 2 atom stereocenters. The van der Waals surface area contributed by atoms with Gasteiger partial charge in [0.15, 0.2) is 0 Å². The summed E-state index contributed by atoms with van der Waals surface area (Å²) in [7, 11) is 0. The lowest BCUT2D eigenvalue weighted by Crippen LogP contribution is -2.31. The summed E-state index contributed by atoms with van der Waals surface area (Å²) in [4.78, 5) is 14.3. The molecule has 0 aromatic carbocycles. The third-order valence-corrected chi connectivity index (χ3v) is 4.90. The second kappa shape index (κ2) is 7.67. The highest BCUT2D eigenvalue weighted by molar-refractivity contribution is 6.02. The first-order valence-electron chi connectivity index (χ1n) is 8.64. The molecule has 0 radical (unpaired) electrons. The molecule has 24 heavy (non-hydrogen) atoms. The number of likely N-dealkylation sites (tertiary alicyclic amines) is 1. The monoisotopic (exact) mass is 329 g/mol. The second-order valence-corrected chi connectivity index (χ2v) is 6.69. The first-order valence-corrected chi connectivity index (χ1v) is 8.64. The zero-order valence-electron chi connectivity index (χ0n) is 15.0. The quantitative estimate of drug-likeness (QED) is 0.667. The Morgan fingerprint density at radius 3 is 2.79 bits per heavy atom. The summed E-state index contributed by atoms with van der Waals surface area (Å²) >= 11 is 0. The maximum absolute atomic E-state index is 12.6. The summed E-state index contributed by atoms with van der Waals surface area (Å²) in [5.74, 6) is -0.135. The molecule has 2 unspecified atom stereocenters. The smallest absolute Gasteiger partial charge is 0.264 e. The lowest BCUT2D eigenvalue weighted by Gasteiger charge is -2.17. The van der Waals surface area contributed by atoms with Crippen LogP contribution in [0.1, 0.15) is 43.6 Å². The summed E-state index contributed by atoms with van der Waals surface area (Å²) in [6.07, 6.45) is 3.10. The number of nitriles is 1. The fraction of sp³-hybridized carbons (Fsp3) is 0.579. The summed E-state index contributed by atoms with van der Waals surface area (Å²) in [6.45, 7) is 10.00. The molecule has 1 saturated heterocycles. The van der Waals surface area contributed by atoms with Crippen LogP contribution in [0.25, 0.3) is 6.08 Å². The Morgan fingerprint density at radius 1 is 1.54 bits per heavy atom. The molecule has 0 bridgehead atoms. The van der Waals surface area contributed by atoms with Crippen molar-refractivity contribution in [2.24, 2.45) is 5.92 Å². The SMILES string of the molecule is CCCn1c(C)cc(/C=C(/C#N)C(=O)N2CCC(C(C)O)C2)c1C. The molecular formula is C19H27N3O2. The number of nitrogens with zero attached hydrogens (tertiary/aromatic N) is 3. The van der Waals surface area contributed by atoms with Gasteiger partial charge in [-0.2, -0.15) is 5.26 Å². The lowest BCUT2D eigenvalue weighted by molar-refractivity contribution is -0.125. The number of hydrogen-bond acceptors (Lipinski definition) is 3. The Balaban J connectivity index is 2.23. The lowest BCUT2D eigenvalue weighted by atomic mass is 10.0. The van der Waals surface area contributed by atoms with Gasteiger partial charge < -0.3 is 14.6 Å². The van der Waals surface area contributed by atoms with Crippen molar-refractivity contribution in [1.82, 2.24) is 9.47 Å². The predicted molar refractivity (Wildman–Crippen MR) is 94.2 cm³/mol. The standard InChI is InChI=1S/C19H27N3O2/c1-5-7-22-13(2)9-17(14(22)3)10-18(11-20)19(24)21-8-6-16(12-21)15(4)23/h9-10,15-16,23H,5-8,12H2,1-4H3/b18-10-. The van der Waals surface area contributed by atoms with E-state index < -0.39 is 6.10 Å². The fourth-order valence-corrected chi connectivity index (χ4v) is 3.37. The Labute approximate surface area is 144 Å². The largest absolute Gasteiger partial charge is 0.393 e. The number of carbonyl (C=O) groups is 1. The first kappa shape index (κ1) is 18.3. The Kier molecular flexibility index (Phi) is 5.84. The summed E-state index contributed by atoms with van der Waals surface area (Å²) < 4.78 is 2.21. The van der Waals surface area contributed by atoms with E-state index in [9.17, 15) is 15.2 Å². The highest BCUT2D eigenvalue weighted by atomic mass is 16.3. The number of rotatable bonds is 5. The van der Waals surface area contributed by atoms with Crippen molar-refractivity contribution >= 4 is 12.0 Å². The van der Waals surface area contributed by atoms with Gasteiger partial charge in [0, 0.05) is 36.9 Å². The number of aromatic nitrogens is 1. The van der Waals surface area contributed by atoms with E-state index in [1.54, 1.807) is 17.9 Å². The molecule has 2 rings (SSSR count). The Bertz CT molecular complexity index is 680. The molecule has 1 aliphatic heterocycles. The molecule has 130 valence electrons. The molecule has 1 fully saturated rings. The molecule has 5 heteroatoms. The molecule has 1 N–H and O–H groups in total. The van der Waals surface area contributed by atoms with Crippen LogP contribution in [0.5, 0.6) is 0 Å². The Hall–Kier alpha value is -2.06. The number of aliphatic hydroxyl groups is 1. The van der Waals surface area contributed by atoms with Crippen LogP contribution in [-0.4, -0.2) is 39.7 Å². The van der Waals surface area contributed by atoms with Gasteiger partial charge in [-0.05, 0) is 51.3 Å². The van der Waals surface area contributed by atoms with Gasteiger partial charge in [0.05, 0.1) is 6.10 Å². The maximum Gasteiger partial charge on any atom is 0.264 e. The molecule has 5 nitrogen and oxygen atoms in total. The topological polar surface area (TPSA) is 69.3 Å². The Morgan fingerprint density at radius 2 is 2.25 bits per heavy atom. The van der Waals surface area contributed by atoms with Crippen molar-refractivity contribution < 1.29 is 9.90 Å². The average molecular weight is 329 g/mol. The maximum atomic E-state index is 12.6. The number of amides is 1. The van der Waals surface area contributed by atoms with Crippen molar-refractivity contribution in [3.63, 3.8) is 0 Å². The van der Waals surface area contributed by atoms with Crippen LogP contribution in [0.15, 0.2) is 11.6 Å². The minimum absolute atomic E-state index is 0.100. The van der Waals surface area contributed by atoms with Gasteiger partial charge in [0.25, 0.3) is 5.91 Å². The third kappa shape index (κ3) is 3.70. The van der Waals surface area contributed by atoms with Crippen molar-refractivity contribution in [2.75, 3.05) is 13.1 Å². The van der Waals surface area contributed by atoms with E-state index in [2.05, 4.69) is 17.6 Å². The van der Waals surface area contributed by atoms with E-state index in [-0.39, 0.29) is 17.4 Å². The average Bonchev–Trinajstić information content (AvgIpc) is 3.13. The summed E-state index contributed by atoms with van der Waals surface area (Å²) in [6, 6.07) is 4.08. The van der Waals surface area contributed by atoms with Gasteiger partial charge in [-0.3, -0.25) is 4.79 Å². The molecule has 0 aliphatic carbocycles. The molecule has 0 spiro atoms. The van der Waals surface area contributed by atoms with Crippen LogP contribution < -0.4 is 0 Å². The minimum atomic E-state index is -0.426. The van der Waals surface area contributed by atoms with Crippen molar-refractivity contribution in [1.29, 1.82) is 5.26 Å². The fourth-order valence-electron chi connectivity index (χ4n) is 3.37. The van der Waals surface area contributed by atoms with Crippen LogP contribution in [0.3, 0.4) is 0 Å². The molecule has 2 heterocycles. The molecule has 0 saturated carbocycles. The van der Waals surface area contributed by atoms with Crippen LogP contribution in [0.2, 0.25) is 0 Å². The van der Waals surface area contributed by atoms with Crippen LogP contribution in [0, 0.1) is 31.1 Å². The van der Waals surface area contributed by atoms with Gasteiger partial charge in [0.1, 0.15) is 11.6 Å². The van der Waals surface area contributed by atoms with Crippen LogP contribution in [0.4, 0.5) is 0 Å². The van der Waals surface area contributed by atoms with E-state index in [0.717, 1.165) is 36.3 Å². The van der Waals surface area contributed by atoms with E-state index in [1.165, 1.54) is 0 Å². The van der Waals surface area contributed by atoms with Crippen LogP contribution >= 0.6 is 0 Å². The summed E-state index contributed by atoms with van der Waals surface area (Å²) in [5.41, 5.74) is 3.31. The van der Waals surface area contributed by atoms with Crippen molar-refractivity contribution in [3.05, 3.63) is 28.6 Å². The highest BCUT2D eigenvalue weighted by Crippen LogP contribution is 2.23. The third-order valence-electron chi connectivity index (χ3n) is 4.90. The zero-order valence-corrected chi connectivity index (χ0v) is 15.0.